The van der Waals surface area contributed by atoms with Crippen LogP contribution in [0.4, 0.5) is 0 Å². The number of nitrogens with zero attached hydrogens (tertiary/aromatic N) is 2. The van der Waals surface area contributed by atoms with E-state index in [0.717, 1.165) is 22.0 Å². The molecule has 0 radical (unpaired) electrons. The van der Waals surface area contributed by atoms with E-state index in [-0.39, 0.29) is 6.61 Å². The standard InChI is InChI=1S/C27H25N5O5/c1-35-21-7-3-5-18(11-21)15-28-31-26(33)17-37-23-9-10-24-20(13-23)14-25(30-24)27(34)32-29-16-19-6-4-8-22(12-19)36-2/h3-16,30H,17H2,1-2H3,(H,31,33)(H,32,34)/b28-15+,29-16+. The number of hydrogen-bond donors (Lipinski definition) is 3. The van der Waals surface area contributed by atoms with Crippen molar-refractivity contribution in [3.63, 3.8) is 0 Å². The molecule has 0 bridgehead atoms. The number of ether oxygens (including phenoxy) is 3. The van der Waals surface area contributed by atoms with Crippen molar-refractivity contribution in [2.45, 2.75) is 0 Å². The van der Waals surface area contributed by atoms with Gasteiger partial charge in [0, 0.05) is 10.9 Å². The summed E-state index contributed by atoms with van der Waals surface area (Å²) < 4.78 is 15.9. The fourth-order valence-electron chi connectivity index (χ4n) is 3.35. The molecule has 3 aromatic carbocycles. The highest BCUT2D eigenvalue weighted by atomic mass is 16.5. The summed E-state index contributed by atoms with van der Waals surface area (Å²) in [5, 5.41) is 8.67. The quantitative estimate of drug-likeness (QED) is 0.228. The predicted octanol–water partition coefficient (Wildman–Crippen LogP) is 3.48. The lowest BCUT2D eigenvalue weighted by molar-refractivity contribution is -0.123. The van der Waals surface area contributed by atoms with Gasteiger partial charge in [0.1, 0.15) is 22.9 Å². The van der Waals surface area contributed by atoms with Gasteiger partial charge in [-0.05, 0) is 59.7 Å². The number of aromatic nitrogens is 1. The molecular formula is C27H25N5O5. The Bertz CT molecular complexity index is 1460. The monoisotopic (exact) mass is 499 g/mol. The third-order valence-electron chi connectivity index (χ3n) is 5.18. The van der Waals surface area contributed by atoms with Gasteiger partial charge in [-0.1, -0.05) is 24.3 Å². The topological polar surface area (TPSA) is 126 Å². The molecule has 0 aliphatic carbocycles. The van der Waals surface area contributed by atoms with Crippen molar-refractivity contribution in [1.82, 2.24) is 15.8 Å². The molecule has 0 saturated carbocycles. The van der Waals surface area contributed by atoms with Gasteiger partial charge in [0.05, 0.1) is 26.6 Å². The summed E-state index contributed by atoms with van der Waals surface area (Å²) in [7, 11) is 3.16. The minimum absolute atomic E-state index is 0.224. The highest BCUT2D eigenvalue weighted by Crippen LogP contribution is 2.22. The SMILES string of the molecule is COc1cccc(/C=N/NC(=O)COc2ccc3[nH]c(C(=O)N/N=C/c4cccc(OC)c4)cc3c2)c1. The molecule has 4 rings (SSSR count). The number of benzene rings is 3. The second kappa shape index (κ2) is 12.0. The molecule has 188 valence electrons. The fourth-order valence-corrected chi connectivity index (χ4v) is 3.35. The molecule has 0 fully saturated rings. The Kier molecular flexibility index (Phi) is 8.12. The summed E-state index contributed by atoms with van der Waals surface area (Å²) in [4.78, 5) is 27.6. The second-order valence-corrected chi connectivity index (χ2v) is 7.77. The summed E-state index contributed by atoms with van der Waals surface area (Å²) in [5.41, 5.74) is 7.55. The van der Waals surface area contributed by atoms with Crippen LogP contribution in [0.2, 0.25) is 0 Å². The number of rotatable bonds is 10. The molecular weight excluding hydrogens is 474 g/mol. The number of hydrazone groups is 2. The van der Waals surface area contributed by atoms with Crippen molar-refractivity contribution >= 4 is 35.1 Å². The van der Waals surface area contributed by atoms with Gasteiger partial charge in [-0.15, -0.1) is 0 Å². The number of hydrogen-bond acceptors (Lipinski definition) is 7. The molecule has 2 amide bonds. The first-order valence-electron chi connectivity index (χ1n) is 11.2. The first-order chi connectivity index (χ1) is 18.0. The Labute approximate surface area is 212 Å². The van der Waals surface area contributed by atoms with Crippen LogP contribution in [0.5, 0.6) is 17.2 Å². The van der Waals surface area contributed by atoms with Gasteiger partial charge >= 0.3 is 0 Å². The molecule has 1 aromatic heterocycles. The second-order valence-electron chi connectivity index (χ2n) is 7.77. The van der Waals surface area contributed by atoms with Crippen LogP contribution in [-0.4, -0.2) is 50.1 Å². The third kappa shape index (κ3) is 6.95. The molecule has 4 aromatic rings. The van der Waals surface area contributed by atoms with Crippen LogP contribution in [0.3, 0.4) is 0 Å². The zero-order valence-electron chi connectivity index (χ0n) is 20.2. The van der Waals surface area contributed by atoms with Crippen LogP contribution in [0.25, 0.3) is 10.9 Å². The minimum Gasteiger partial charge on any atom is -0.497 e. The first-order valence-corrected chi connectivity index (χ1v) is 11.2. The molecule has 0 unspecified atom stereocenters. The highest BCUT2D eigenvalue weighted by Gasteiger charge is 2.10. The molecule has 0 atom stereocenters. The summed E-state index contributed by atoms with van der Waals surface area (Å²) in [5.74, 6) is 1.05. The van der Waals surface area contributed by atoms with E-state index in [1.54, 1.807) is 50.6 Å². The Morgan fingerprint density at radius 2 is 1.46 bits per heavy atom. The zero-order valence-corrected chi connectivity index (χ0v) is 20.2. The van der Waals surface area contributed by atoms with Crippen LogP contribution in [0, 0.1) is 0 Å². The highest BCUT2D eigenvalue weighted by molar-refractivity contribution is 5.98. The van der Waals surface area contributed by atoms with Crippen molar-refractivity contribution in [2.75, 3.05) is 20.8 Å². The summed E-state index contributed by atoms with van der Waals surface area (Å²) in [6, 6.07) is 21.4. The Morgan fingerprint density at radius 1 is 0.811 bits per heavy atom. The number of nitrogens with one attached hydrogen (secondary N) is 3. The van der Waals surface area contributed by atoms with E-state index in [2.05, 4.69) is 26.0 Å². The van der Waals surface area contributed by atoms with E-state index in [1.807, 2.05) is 36.4 Å². The lowest BCUT2D eigenvalue weighted by Crippen LogP contribution is -2.24. The lowest BCUT2D eigenvalue weighted by Gasteiger charge is -2.05. The zero-order chi connectivity index (χ0) is 26.0. The average Bonchev–Trinajstić information content (AvgIpc) is 3.36. The van der Waals surface area contributed by atoms with E-state index in [9.17, 15) is 9.59 Å². The van der Waals surface area contributed by atoms with Gasteiger partial charge in [-0.3, -0.25) is 9.59 Å². The van der Waals surface area contributed by atoms with Crippen molar-refractivity contribution in [3.8, 4) is 17.2 Å². The number of carbonyl (C=O) groups is 2. The maximum absolute atomic E-state index is 12.5. The molecule has 37 heavy (non-hydrogen) atoms. The maximum Gasteiger partial charge on any atom is 0.287 e. The van der Waals surface area contributed by atoms with E-state index in [0.29, 0.717) is 22.9 Å². The number of carbonyl (C=O) groups excluding carboxylic acids is 2. The Balaban J connectivity index is 1.30. The van der Waals surface area contributed by atoms with Gasteiger partial charge in [0.2, 0.25) is 0 Å². The predicted molar refractivity (Wildman–Crippen MR) is 141 cm³/mol. The van der Waals surface area contributed by atoms with Gasteiger partial charge in [0.25, 0.3) is 11.8 Å². The van der Waals surface area contributed by atoms with E-state index >= 15 is 0 Å². The molecule has 0 aliphatic rings. The number of amides is 2. The summed E-state index contributed by atoms with van der Waals surface area (Å²) in [6.07, 6.45) is 3.04. The number of aromatic amines is 1. The normalized spacial score (nSPS) is 11.1. The molecule has 10 heteroatoms. The molecule has 0 spiro atoms. The largest absolute Gasteiger partial charge is 0.497 e. The number of fused-ring (bicyclic) bond motifs is 1. The minimum atomic E-state index is -0.415. The summed E-state index contributed by atoms with van der Waals surface area (Å²) in [6.45, 7) is -0.224. The molecule has 1 heterocycles. The third-order valence-corrected chi connectivity index (χ3v) is 5.18. The fraction of sp³-hybridized carbons (Fsp3) is 0.111. The summed E-state index contributed by atoms with van der Waals surface area (Å²) >= 11 is 0. The molecule has 0 aliphatic heterocycles. The van der Waals surface area contributed by atoms with E-state index < -0.39 is 11.8 Å². The molecule has 0 saturated heterocycles. The van der Waals surface area contributed by atoms with Crippen LogP contribution in [0.15, 0.2) is 83.0 Å². The average molecular weight is 500 g/mol. The number of methoxy groups -OCH3 is 2. The lowest BCUT2D eigenvalue weighted by atomic mass is 10.2. The molecule has 3 N–H and O–H groups in total. The van der Waals surface area contributed by atoms with E-state index in [4.69, 9.17) is 14.2 Å². The van der Waals surface area contributed by atoms with Gasteiger partial charge in [-0.2, -0.15) is 10.2 Å². The molecule has 10 nitrogen and oxygen atoms in total. The number of H-pyrrole nitrogens is 1. The van der Waals surface area contributed by atoms with Gasteiger partial charge < -0.3 is 19.2 Å². The van der Waals surface area contributed by atoms with Crippen LogP contribution >= 0.6 is 0 Å². The van der Waals surface area contributed by atoms with Crippen LogP contribution in [0.1, 0.15) is 21.6 Å². The van der Waals surface area contributed by atoms with Crippen molar-refractivity contribution < 1.29 is 23.8 Å². The van der Waals surface area contributed by atoms with Crippen LogP contribution in [-0.2, 0) is 4.79 Å². The smallest absolute Gasteiger partial charge is 0.287 e. The van der Waals surface area contributed by atoms with Crippen molar-refractivity contribution in [1.29, 1.82) is 0 Å². The van der Waals surface area contributed by atoms with Crippen molar-refractivity contribution in [3.05, 3.63) is 89.6 Å². The van der Waals surface area contributed by atoms with Crippen molar-refractivity contribution in [2.24, 2.45) is 10.2 Å². The van der Waals surface area contributed by atoms with Crippen LogP contribution < -0.4 is 25.1 Å². The van der Waals surface area contributed by atoms with Gasteiger partial charge in [-0.25, -0.2) is 10.9 Å². The van der Waals surface area contributed by atoms with Gasteiger partial charge in [0.15, 0.2) is 6.61 Å². The van der Waals surface area contributed by atoms with E-state index in [1.165, 1.54) is 12.4 Å². The Morgan fingerprint density at radius 3 is 2.11 bits per heavy atom. The first kappa shape index (κ1) is 25.0. The Hall–Kier alpha value is -5.12. The maximum atomic E-state index is 12.5.